The Morgan fingerprint density at radius 3 is 2.62 bits per heavy atom. The second-order valence-corrected chi connectivity index (χ2v) is 3.26. The molecule has 0 bridgehead atoms. The van der Waals surface area contributed by atoms with Crippen LogP contribution < -0.4 is 11.5 Å². The average molecular weight is 183 g/mol. The van der Waals surface area contributed by atoms with E-state index in [2.05, 4.69) is 0 Å². The van der Waals surface area contributed by atoms with Gasteiger partial charge in [-0.25, -0.2) is 0 Å². The smallest absolute Gasteiger partial charge is 0.245 e. The molecule has 0 saturated heterocycles. The number of nitrogens with two attached hydrogens (primary N) is 2. The van der Waals surface area contributed by atoms with E-state index in [9.17, 15) is 9.59 Å². The summed E-state index contributed by atoms with van der Waals surface area (Å²) in [5.41, 5.74) is 10.7. The van der Waals surface area contributed by atoms with Crippen LogP contribution in [0.15, 0.2) is 11.6 Å². The van der Waals surface area contributed by atoms with E-state index in [0.29, 0.717) is 18.7 Å². The number of primary amides is 2. The summed E-state index contributed by atoms with van der Waals surface area (Å²) in [7, 11) is 1.81. The van der Waals surface area contributed by atoms with Crippen LogP contribution in [0.25, 0.3) is 0 Å². The van der Waals surface area contributed by atoms with Crippen LogP contribution in [0.4, 0.5) is 0 Å². The molecule has 0 aromatic rings. The Hall–Kier alpha value is -1.36. The molecule has 2 amide bonds. The second kappa shape index (κ2) is 3.57. The topological polar surface area (TPSA) is 89.4 Å². The van der Waals surface area contributed by atoms with Crippen molar-refractivity contribution in [3.05, 3.63) is 11.6 Å². The first kappa shape index (κ1) is 9.73. The SMILES string of the molecule is CN1CC(C(N)=O)=CC(C(N)=O)C1. The molecular formula is C8H13N3O2. The zero-order valence-electron chi connectivity index (χ0n) is 7.49. The number of likely N-dealkylation sites (N-methyl/N-ethyl adjacent to an activating group) is 1. The Morgan fingerprint density at radius 1 is 1.54 bits per heavy atom. The van der Waals surface area contributed by atoms with E-state index < -0.39 is 17.7 Å². The van der Waals surface area contributed by atoms with Crippen LogP contribution in [0.2, 0.25) is 0 Å². The molecule has 0 saturated carbocycles. The molecule has 1 unspecified atom stereocenters. The maximum atomic E-state index is 10.9. The molecule has 72 valence electrons. The van der Waals surface area contributed by atoms with Crippen LogP contribution in [0, 0.1) is 5.92 Å². The quantitative estimate of drug-likeness (QED) is 0.543. The zero-order chi connectivity index (χ0) is 10.0. The van der Waals surface area contributed by atoms with Crippen LogP contribution in [0.1, 0.15) is 0 Å². The van der Waals surface area contributed by atoms with Crippen molar-refractivity contribution in [3.8, 4) is 0 Å². The predicted octanol–water partition coefficient (Wildman–Crippen LogP) is -1.55. The van der Waals surface area contributed by atoms with E-state index in [1.165, 1.54) is 0 Å². The van der Waals surface area contributed by atoms with E-state index in [1.54, 1.807) is 6.08 Å². The first-order chi connectivity index (χ1) is 6.00. The highest BCUT2D eigenvalue weighted by atomic mass is 16.1. The fourth-order valence-corrected chi connectivity index (χ4v) is 1.37. The number of nitrogens with zero attached hydrogens (tertiary/aromatic N) is 1. The van der Waals surface area contributed by atoms with Gasteiger partial charge in [0.15, 0.2) is 0 Å². The molecule has 0 aliphatic carbocycles. The first-order valence-electron chi connectivity index (χ1n) is 3.99. The Bertz CT molecular complexity index is 273. The molecule has 0 aromatic heterocycles. The highest BCUT2D eigenvalue weighted by molar-refractivity contribution is 5.94. The van der Waals surface area contributed by atoms with E-state index >= 15 is 0 Å². The Morgan fingerprint density at radius 2 is 2.15 bits per heavy atom. The lowest BCUT2D eigenvalue weighted by atomic mass is 9.99. The van der Waals surface area contributed by atoms with Gasteiger partial charge in [0.05, 0.1) is 5.92 Å². The number of hydrogen-bond acceptors (Lipinski definition) is 3. The minimum atomic E-state index is -0.488. The van der Waals surface area contributed by atoms with Gasteiger partial charge in [-0.1, -0.05) is 6.08 Å². The van der Waals surface area contributed by atoms with E-state index in [0.717, 1.165) is 0 Å². The van der Waals surface area contributed by atoms with Gasteiger partial charge in [-0.2, -0.15) is 0 Å². The molecule has 0 fully saturated rings. The second-order valence-electron chi connectivity index (χ2n) is 3.26. The van der Waals surface area contributed by atoms with Crippen molar-refractivity contribution >= 4 is 11.8 Å². The third-order valence-corrected chi connectivity index (χ3v) is 2.03. The molecule has 5 heteroatoms. The molecule has 1 atom stereocenters. The molecule has 13 heavy (non-hydrogen) atoms. The van der Waals surface area contributed by atoms with E-state index in [4.69, 9.17) is 11.5 Å². The molecule has 1 aliphatic rings. The lowest BCUT2D eigenvalue weighted by Crippen LogP contribution is -2.40. The molecule has 4 N–H and O–H groups in total. The molecule has 1 rings (SSSR count). The normalized spacial score (nSPS) is 23.8. The van der Waals surface area contributed by atoms with Crippen molar-refractivity contribution in [2.24, 2.45) is 17.4 Å². The monoisotopic (exact) mass is 183 g/mol. The summed E-state index contributed by atoms with van der Waals surface area (Å²) < 4.78 is 0. The maximum absolute atomic E-state index is 10.9. The van der Waals surface area contributed by atoms with E-state index in [-0.39, 0.29) is 0 Å². The van der Waals surface area contributed by atoms with Crippen molar-refractivity contribution in [1.82, 2.24) is 4.90 Å². The van der Waals surface area contributed by atoms with Gasteiger partial charge in [0, 0.05) is 18.7 Å². The third-order valence-electron chi connectivity index (χ3n) is 2.03. The number of carbonyl (C=O) groups is 2. The average Bonchev–Trinajstić information content (AvgIpc) is 2.03. The van der Waals surface area contributed by atoms with Crippen LogP contribution in [-0.4, -0.2) is 36.9 Å². The van der Waals surface area contributed by atoms with Gasteiger partial charge in [0.25, 0.3) is 0 Å². The molecule has 0 aromatic carbocycles. The Kier molecular flexibility index (Phi) is 2.67. The minimum absolute atomic E-state index is 0.402. The van der Waals surface area contributed by atoms with Gasteiger partial charge in [0.2, 0.25) is 11.8 Å². The van der Waals surface area contributed by atoms with Crippen LogP contribution in [-0.2, 0) is 9.59 Å². The lowest BCUT2D eigenvalue weighted by molar-refractivity contribution is -0.121. The van der Waals surface area contributed by atoms with Crippen molar-refractivity contribution < 1.29 is 9.59 Å². The van der Waals surface area contributed by atoms with Gasteiger partial charge in [0.1, 0.15) is 0 Å². The van der Waals surface area contributed by atoms with Gasteiger partial charge in [-0.05, 0) is 7.05 Å². The molecule has 0 radical (unpaired) electrons. The third kappa shape index (κ3) is 2.29. The molecule has 1 heterocycles. The fourth-order valence-electron chi connectivity index (χ4n) is 1.37. The summed E-state index contributed by atoms with van der Waals surface area (Å²) >= 11 is 0. The van der Waals surface area contributed by atoms with Gasteiger partial charge < -0.3 is 16.4 Å². The summed E-state index contributed by atoms with van der Waals surface area (Å²) in [6.07, 6.45) is 1.56. The van der Waals surface area contributed by atoms with Crippen molar-refractivity contribution in [2.75, 3.05) is 20.1 Å². The summed E-state index contributed by atoms with van der Waals surface area (Å²) in [6, 6.07) is 0. The standard InChI is InChI=1S/C8H13N3O2/c1-11-3-5(7(9)12)2-6(4-11)8(10)13/h2,5H,3-4H2,1H3,(H2,9,12)(H2,10,13). The maximum Gasteiger partial charge on any atom is 0.245 e. The Labute approximate surface area is 76.4 Å². The summed E-state index contributed by atoms with van der Waals surface area (Å²) in [5, 5.41) is 0. The van der Waals surface area contributed by atoms with Crippen molar-refractivity contribution in [2.45, 2.75) is 0 Å². The van der Waals surface area contributed by atoms with Gasteiger partial charge >= 0.3 is 0 Å². The zero-order valence-corrected chi connectivity index (χ0v) is 7.49. The number of hydrogen-bond donors (Lipinski definition) is 2. The van der Waals surface area contributed by atoms with E-state index in [1.807, 2.05) is 11.9 Å². The first-order valence-corrected chi connectivity index (χ1v) is 3.99. The lowest BCUT2D eigenvalue weighted by Gasteiger charge is -2.26. The molecule has 5 nitrogen and oxygen atoms in total. The summed E-state index contributed by atoms with van der Waals surface area (Å²) in [5.74, 6) is -1.32. The largest absolute Gasteiger partial charge is 0.369 e. The van der Waals surface area contributed by atoms with Gasteiger partial charge in [-0.15, -0.1) is 0 Å². The molecule has 1 aliphatic heterocycles. The highest BCUT2D eigenvalue weighted by Crippen LogP contribution is 2.12. The molecular weight excluding hydrogens is 170 g/mol. The summed E-state index contributed by atoms with van der Waals surface area (Å²) in [4.78, 5) is 23.6. The van der Waals surface area contributed by atoms with Crippen molar-refractivity contribution in [3.63, 3.8) is 0 Å². The van der Waals surface area contributed by atoms with Crippen LogP contribution in [0.5, 0.6) is 0 Å². The predicted molar refractivity (Wildman–Crippen MR) is 47.5 cm³/mol. The number of rotatable bonds is 2. The number of carbonyl (C=O) groups excluding carboxylic acids is 2. The van der Waals surface area contributed by atoms with Crippen LogP contribution in [0.3, 0.4) is 0 Å². The fraction of sp³-hybridized carbons (Fsp3) is 0.500. The summed E-state index contributed by atoms with van der Waals surface area (Å²) in [6.45, 7) is 1.03. The minimum Gasteiger partial charge on any atom is -0.369 e. The van der Waals surface area contributed by atoms with Gasteiger partial charge in [-0.3, -0.25) is 9.59 Å². The Balaban J connectivity index is 2.85. The van der Waals surface area contributed by atoms with Crippen LogP contribution >= 0.6 is 0 Å². The number of amides is 2. The molecule has 0 spiro atoms. The highest BCUT2D eigenvalue weighted by Gasteiger charge is 2.23. The van der Waals surface area contributed by atoms with Crippen molar-refractivity contribution in [1.29, 1.82) is 0 Å².